The molecule has 0 amide bonds. The fourth-order valence-electron chi connectivity index (χ4n) is 0.934. The molecule has 0 N–H and O–H groups in total. The lowest BCUT2D eigenvalue weighted by atomic mass is 10.3. The number of rotatable bonds is 3. The maximum absolute atomic E-state index is 13.5. The molecule has 0 radical (unpaired) electrons. The molecule has 0 aliphatic heterocycles. The number of hydrogen-bond donors (Lipinski definition) is 0. The monoisotopic (exact) mass is 198 g/mol. The summed E-state index contributed by atoms with van der Waals surface area (Å²) >= 11 is 0. The lowest BCUT2D eigenvalue weighted by Gasteiger charge is -2.18. The predicted octanol–water partition coefficient (Wildman–Crippen LogP) is 1.92. The molecule has 1 atom stereocenters. The maximum Gasteiger partial charge on any atom is 0.383 e. The Morgan fingerprint density at radius 3 is 2.43 bits per heavy atom. The molecule has 0 aliphatic rings. The summed E-state index contributed by atoms with van der Waals surface area (Å²) in [4.78, 5) is 10.9. The molecule has 4 heteroatoms. The molecule has 0 saturated heterocycles. The fourth-order valence-corrected chi connectivity index (χ4v) is 0.934. The summed E-state index contributed by atoms with van der Waals surface area (Å²) in [6.45, 7) is 1.01. The molecule has 0 fully saturated rings. The van der Waals surface area contributed by atoms with E-state index < -0.39 is 11.8 Å². The lowest BCUT2D eigenvalue weighted by Crippen LogP contribution is -2.37. The molecule has 1 aromatic rings. The molecule has 76 valence electrons. The second-order valence-corrected chi connectivity index (χ2v) is 2.82. The number of hydrogen-bond acceptors (Lipinski definition) is 3. The minimum atomic E-state index is -2.45. The summed E-state index contributed by atoms with van der Waals surface area (Å²) in [6.07, 6.45) is 0. The van der Waals surface area contributed by atoms with Crippen molar-refractivity contribution in [3.05, 3.63) is 30.3 Å². The van der Waals surface area contributed by atoms with Gasteiger partial charge < -0.3 is 9.47 Å². The van der Waals surface area contributed by atoms with Crippen molar-refractivity contribution >= 4 is 5.97 Å². The van der Waals surface area contributed by atoms with Gasteiger partial charge in [-0.2, -0.15) is 4.39 Å². The Labute approximate surface area is 81.4 Å². The Morgan fingerprint density at radius 1 is 1.36 bits per heavy atom. The highest BCUT2D eigenvalue weighted by atomic mass is 19.2. The highest BCUT2D eigenvalue weighted by Gasteiger charge is 2.36. The van der Waals surface area contributed by atoms with Gasteiger partial charge in [-0.25, -0.2) is 4.79 Å². The number of benzene rings is 1. The van der Waals surface area contributed by atoms with Gasteiger partial charge in [0, 0.05) is 6.92 Å². The summed E-state index contributed by atoms with van der Waals surface area (Å²) in [5.41, 5.74) is 0. The van der Waals surface area contributed by atoms with E-state index in [0.717, 1.165) is 14.0 Å². The van der Waals surface area contributed by atoms with Crippen molar-refractivity contribution in [3.8, 4) is 5.75 Å². The van der Waals surface area contributed by atoms with Crippen LogP contribution in [0.3, 0.4) is 0 Å². The third-order valence-corrected chi connectivity index (χ3v) is 1.60. The Balaban J connectivity index is 2.73. The first-order valence-corrected chi connectivity index (χ1v) is 4.07. The molecule has 3 nitrogen and oxygen atoms in total. The minimum absolute atomic E-state index is 0.280. The van der Waals surface area contributed by atoms with Gasteiger partial charge in [-0.1, -0.05) is 18.2 Å². The first-order chi connectivity index (χ1) is 6.56. The molecular weight excluding hydrogens is 187 g/mol. The molecule has 0 aliphatic carbocycles. The molecule has 0 spiro atoms. The van der Waals surface area contributed by atoms with Gasteiger partial charge in [0.2, 0.25) is 0 Å². The Kier molecular flexibility index (Phi) is 3.06. The van der Waals surface area contributed by atoms with E-state index in [1.165, 1.54) is 0 Å². The van der Waals surface area contributed by atoms with Crippen LogP contribution in [0.15, 0.2) is 30.3 Å². The Morgan fingerprint density at radius 2 is 1.93 bits per heavy atom. The highest BCUT2D eigenvalue weighted by Crippen LogP contribution is 2.20. The van der Waals surface area contributed by atoms with Crippen molar-refractivity contribution in [2.45, 2.75) is 12.8 Å². The van der Waals surface area contributed by atoms with Crippen LogP contribution >= 0.6 is 0 Å². The largest absolute Gasteiger partial charge is 0.464 e. The summed E-state index contributed by atoms with van der Waals surface area (Å²) in [6, 6.07) is 8.24. The summed E-state index contributed by atoms with van der Waals surface area (Å²) in [5, 5.41) is 0. The molecule has 0 heterocycles. The summed E-state index contributed by atoms with van der Waals surface area (Å²) in [7, 11) is 1.11. The van der Waals surface area contributed by atoms with Crippen LogP contribution in [0.25, 0.3) is 0 Å². The first kappa shape index (κ1) is 10.5. The lowest BCUT2D eigenvalue weighted by molar-refractivity contribution is -0.174. The highest BCUT2D eigenvalue weighted by molar-refractivity contribution is 5.77. The van der Waals surface area contributed by atoms with E-state index in [1.807, 2.05) is 0 Å². The SMILES string of the molecule is COC(=O)C(C)(F)Oc1ccccc1. The number of carbonyl (C=O) groups is 1. The Bertz CT molecular complexity index is 308. The van der Waals surface area contributed by atoms with Gasteiger partial charge in [0.1, 0.15) is 5.75 Å². The quantitative estimate of drug-likeness (QED) is 0.696. The number of para-hydroxylation sites is 1. The van der Waals surface area contributed by atoms with E-state index in [4.69, 9.17) is 4.74 Å². The second-order valence-electron chi connectivity index (χ2n) is 2.82. The van der Waals surface area contributed by atoms with Crippen LogP contribution < -0.4 is 4.74 Å². The van der Waals surface area contributed by atoms with Crippen molar-refractivity contribution in [3.63, 3.8) is 0 Å². The van der Waals surface area contributed by atoms with E-state index in [-0.39, 0.29) is 5.75 Å². The van der Waals surface area contributed by atoms with E-state index in [9.17, 15) is 9.18 Å². The van der Waals surface area contributed by atoms with Gasteiger partial charge in [0.25, 0.3) is 0 Å². The summed E-state index contributed by atoms with van der Waals surface area (Å²) < 4.78 is 22.5. The number of carbonyl (C=O) groups excluding carboxylic acids is 1. The zero-order valence-electron chi connectivity index (χ0n) is 7.99. The van der Waals surface area contributed by atoms with Crippen molar-refractivity contribution < 1.29 is 18.7 Å². The van der Waals surface area contributed by atoms with Crippen LogP contribution in [-0.4, -0.2) is 18.9 Å². The molecule has 1 aromatic carbocycles. The molecule has 0 saturated carbocycles. The average molecular weight is 198 g/mol. The number of alkyl halides is 1. The van der Waals surface area contributed by atoms with Gasteiger partial charge in [0.05, 0.1) is 7.11 Å². The van der Waals surface area contributed by atoms with Crippen LogP contribution in [0.4, 0.5) is 4.39 Å². The molecule has 1 unspecified atom stereocenters. The predicted molar refractivity (Wildman–Crippen MR) is 48.6 cm³/mol. The van der Waals surface area contributed by atoms with Crippen molar-refractivity contribution in [1.29, 1.82) is 0 Å². The number of halogens is 1. The van der Waals surface area contributed by atoms with E-state index in [2.05, 4.69) is 4.74 Å². The topological polar surface area (TPSA) is 35.5 Å². The second kappa shape index (κ2) is 4.09. The number of ether oxygens (including phenoxy) is 2. The van der Waals surface area contributed by atoms with Gasteiger partial charge in [0.15, 0.2) is 0 Å². The van der Waals surface area contributed by atoms with Crippen LogP contribution in [0.1, 0.15) is 6.92 Å². The first-order valence-electron chi connectivity index (χ1n) is 4.07. The number of esters is 1. The zero-order valence-corrected chi connectivity index (χ0v) is 7.99. The average Bonchev–Trinajstić information content (AvgIpc) is 2.17. The van der Waals surface area contributed by atoms with Crippen LogP contribution in [-0.2, 0) is 9.53 Å². The molecule has 0 bridgehead atoms. The van der Waals surface area contributed by atoms with Crippen molar-refractivity contribution in [2.24, 2.45) is 0 Å². The molecular formula is C10H11FO3. The van der Waals surface area contributed by atoms with Crippen LogP contribution in [0, 0.1) is 0 Å². The van der Waals surface area contributed by atoms with Crippen molar-refractivity contribution in [1.82, 2.24) is 0 Å². The van der Waals surface area contributed by atoms with Crippen molar-refractivity contribution in [2.75, 3.05) is 7.11 Å². The van der Waals surface area contributed by atoms with Crippen LogP contribution in [0.5, 0.6) is 5.75 Å². The fraction of sp³-hybridized carbons (Fsp3) is 0.300. The minimum Gasteiger partial charge on any atom is -0.464 e. The van der Waals surface area contributed by atoms with Crippen LogP contribution in [0.2, 0.25) is 0 Å². The standard InChI is InChI=1S/C10H11FO3/c1-10(11,9(12)13-2)14-8-6-4-3-5-7-8/h3-7H,1-2H3. The Hall–Kier alpha value is -1.58. The van der Waals surface area contributed by atoms with Gasteiger partial charge >= 0.3 is 11.8 Å². The zero-order chi connectivity index (χ0) is 10.6. The summed E-state index contributed by atoms with van der Waals surface area (Å²) in [5.74, 6) is -3.22. The maximum atomic E-state index is 13.5. The van der Waals surface area contributed by atoms with E-state index in [0.29, 0.717) is 0 Å². The molecule has 1 rings (SSSR count). The smallest absolute Gasteiger partial charge is 0.383 e. The van der Waals surface area contributed by atoms with E-state index >= 15 is 0 Å². The van der Waals surface area contributed by atoms with Gasteiger partial charge in [-0.05, 0) is 12.1 Å². The van der Waals surface area contributed by atoms with E-state index in [1.54, 1.807) is 30.3 Å². The van der Waals surface area contributed by atoms with Gasteiger partial charge in [-0.15, -0.1) is 0 Å². The molecule has 0 aromatic heterocycles. The third kappa shape index (κ3) is 2.45. The third-order valence-electron chi connectivity index (χ3n) is 1.60. The number of methoxy groups -OCH3 is 1. The molecule has 14 heavy (non-hydrogen) atoms. The normalized spacial score (nSPS) is 14.2. The van der Waals surface area contributed by atoms with Gasteiger partial charge in [-0.3, -0.25) is 0 Å².